The molecule has 2 heterocycles. The van der Waals surface area contributed by atoms with Crippen LogP contribution in [-0.4, -0.2) is 46.3 Å². The number of halogens is 1. The third kappa shape index (κ3) is 2.87. The van der Waals surface area contributed by atoms with Gasteiger partial charge in [0.05, 0.1) is 29.7 Å². The second-order valence-electron chi connectivity index (χ2n) is 5.63. The van der Waals surface area contributed by atoms with Gasteiger partial charge in [-0.25, -0.2) is 4.39 Å². The van der Waals surface area contributed by atoms with Crippen molar-refractivity contribution in [1.82, 2.24) is 15.1 Å². The molecular weight excluding hydrogens is 285 g/mol. The third-order valence-electron chi connectivity index (χ3n) is 3.71. The Morgan fingerprint density at radius 2 is 1.91 bits per heavy atom. The van der Waals surface area contributed by atoms with E-state index in [4.69, 9.17) is 4.74 Å². The number of ether oxygens (including phenoxy) is 1. The molecule has 0 bridgehead atoms. The van der Waals surface area contributed by atoms with E-state index in [9.17, 15) is 9.18 Å². The van der Waals surface area contributed by atoms with Gasteiger partial charge in [0, 0.05) is 18.7 Å². The average Bonchev–Trinajstić information content (AvgIpc) is 2.95. The Kier molecular flexibility index (Phi) is 3.94. The van der Waals surface area contributed by atoms with Crippen molar-refractivity contribution in [3.8, 4) is 11.3 Å². The van der Waals surface area contributed by atoms with Crippen LogP contribution in [0.3, 0.4) is 0 Å². The molecule has 1 aliphatic heterocycles. The fraction of sp³-hybridized carbons (Fsp3) is 0.375. The third-order valence-corrected chi connectivity index (χ3v) is 3.71. The number of aromatic nitrogens is 2. The number of amides is 1. The van der Waals surface area contributed by atoms with Gasteiger partial charge in [0.15, 0.2) is 0 Å². The fourth-order valence-corrected chi connectivity index (χ4v) is 2.80. The van der Waals surface area contributed by atoms with Crippen molar-refractivity contribution in [2.24, 2.45) is 0 Å². The van der Waals surface area contributed by atoms with Crippen LogP contribution in [0.1, 0.15) is 24.2 Å². The zero-order valence-electron chi connectivity index (χ0n) is 12.5. The van der Waals surface area contributed by atoms with Gasteiger partial charge in [0.1, 0.15) is 5.82 Å². The Balaban J connectivity index is 1.88. The molecule has 3 rings (SSSR count). The molecule has 116 valence electrons. The standard InChI is InChI=1S/C16H18FN3O2/c1-10-8-20(9-11(2)22-10)16(21)14-7-18-19-15(14)12-3-5-13(17)6-4-12/h3-7,10-11H,8-9H2,1-2H3,(H,18,19)/t10-,11+. The van der Waals surface area contributed by atoms with E-state index in [0.717, 1.165) is 5.56 Å². The maximum atomic E-state index is 13.0. The second kappa shape index (κ2) is 5.88. The maximum Gasteiger partial charge on any atom is 0.257 e. The van der Waals surface area contributed by atoms with Gasteiger partial charge in [0.2, 0.25) is 0 Å². The van der Waals surface area contributed by atoms with E-state index < -0.39 is 0 Å². The Bertz CT molecular complexity index is 658. The molecule has 1 aromatic carbocycles. The summed E-state index contributed by atoms with van der Waals surface area (Å²) < 4.78 is 18.7. The summed E-state index contributed by atoms with van der Waals surface area (Å²) in [7, 11) is 0. The molecule has 2 atom stereocenters. The van der Waals surface area contributed by atoms with Gasteiger partial charge in [-0.2, -0.15) is 5.10 Å². The number of carbonyl (C=O) groups excluding carboxylic acids is 1. The van der Waals surface area contributed by atoms with E-state index >= 15 is 0 Å². The Labute approximate surface area is 128 Å². The zero-order chi connectivity index (χ0) is 15.7. The molecule has 6 heteroatoms. The number of H-pyrrole nitrogens is 1. The van der Waals surface area contributed by atoms with E-state index in [-0.39, 0.29) is 23.9 Å². The molecule has 1 N–H and O–H groups in total. The van der Waals surface area contributed by atoms with Crippen molar-refractivity contribution in [2.45, 2.75) is 26.1 Å². The van der Waals surface area contributed by atoms with Gasteiger partial charge in [0.25, 0.3) is 5.91 Å². The summed E-state index contributed by atoms with van der Waals surface area (Å²) in [6, 6.07) is 5.99. The molecule has 0 spiro atoms. The number of carbonyl (C=O) groups is 1. The van der Waals surface area contributed by atoms with Crippen LogP contribution in [-0.2, 0) is 4.74 Å². The van der Waals surface area contributed by atoms with E-state index in [0.29, 0.717) is 24.3 Å². The molecule has 0 radical (unpaired) electrons. The van der Waals surface area contributed by atoms with Crippen LogP contribution in [0.25, 0.3) is 11.3 Å². The lowest BCUT2D eigenvalue weighted by Gasteiger charge is -2.35. The number of hydrogen-bond donors (Lipinski definition) is 1. The molecule has 1 aromatic heterocycles. The largest absolute Gasteiger partial charge is 0.372 e. The van der Waals surface area contributed by atoms with Crippen LogP contribution in [0, 0.1) is 5.82 Å². The van der Waals surface area contributed by atoms with Gasteiger partial charge in [-0.15, -0.1) is 0 Å². The molecule has 5 nitrogen and oxygen atoms in total. The summed E-state index contributed by atoms with van der Waals surface area (Å²) in [5.41, 5.74) is 1.83. The number of nitrogens with zero attached hydrogens (tertiary/aromatic N) is 2. The average molecular weight is 303 g/mol. The minimum atomic E-state index is -0.313. The van der Waals surface area contributed by atoms with Crippen LogP contribution in [0.5, 0.6) is 0 Å². The molecule has 1 aliphatic rings. The summed E-state index contributed by atoms with van der Waals surface area (Å²) >= 11 is 0. The summed E-state index contributed by atoms with van der Waals surface area (Å²) in [5, 5.41) is 6.81. The topological polar surface area (TPSA) is 58.2 Å². The monoisotopic (exact) mass is 303 g/mol. The predicted molar refractivity (Wildman–Crippen MR) is 79.9 cm³/mol. The fourth-order valence-electron chi connectivity index (χ4n) is 2.80. The van der Waals surface area contributed by atoms with Gasteiger partial charge in [-0.05, 0) is 38.1 Å². The first kappa shape index (κ1) is 14.7. The summed E-state index contributed by atoms with van der Waals surface area (Å²) in [6.45, 7) is 5.01. The number of hydrogen-bond acceptors (Lipinski definition) is 3. The Morgan fingerprint density at radius 3 is 2.55 bits per heavy atom. The molecular formula is C16H18FN3O2. The van der Waals surface area contributed by atoms with Crippen molar-refractivity contribution >= 4 is 5.91 Å². The summed E-state index contributed by atoms with van der Waals surface area (Å²) in [6.07, 6.45) is 1.54. The highest BCUT2D eigenvalue weighted by atomic mass is 19.1. The van der Waals surface area contributed by atoms with Gasteiger partial charge in [-0.1, -0.05) is 0 Å². The van der Waals surface area contributed by atoms with Crippen LogP contribution in [0.15, 0.2) is 30.5 Å². The van der Waals surface area contributed by atoms with Crippen LogP contribution in [0.2, 0.25) is 0 Å². The number of aromatic amines is 1. The van der Waals surface area contributed by atoms with Gasteiger partial charge in [-0.3, -0.25) is 9.89 Å². The van der Waals surface area contributed by atoms with Crippen molar-refractivity contribution in [2.75, 3.05) is 13.1 Å². The van der Waals surface area contributed by atoms with Crippen LogP contribution >= 0.6 is 0 Å². The Morgan fingerprint density at radius 1 is 1.27 bits per heavy atom. The van der Waals surface area contributed by atoms with Crippen LogP contribution < -0.4 is 0 Å². The number of rotatable bonds is 2. The van der Waals surface area contributed by atoms with Crippen molar-refractivity contribution in [1.29, 1.82) is 0 Å². The first-order valence-corrected chi connectivity index (χ1v) is 7.28. The minimum Gasteiger partial charge on any atom is -0.372 e. The molecule has 1 fully saturated rings. The molecule has 0 saturated carbocycles. The highest BCUT2D eigenvalue weighted by molar-refractivity contribution is 5.99. The smallest absolute Gasteiger partial charge is 0.257 e. The molecule has 1 saturated heterocycles. The second-order valence-corrected chi connectivity index (χ2v) is 5.63. The van der Waals surface area contributed by atoms with Crippen molar-refractivity contribution in [3.05, 3.63) is 41.8 Å². The summed E-state index contributed by atoms with van der Waals surface area (Å²) in [4.78, 5) is 14.5. The highest BCUT2D eigenvalue weighted by Gasteiger charge is 2.28. The van der Waals surface area contributed by atoms with Gasteiger partial charge >= 0.3 is 0 Å². The first-order valence-electron chi connectivity index (χ1n) is 7.28. The Hall–Kier alpha value is -2.21. The lowest BCUT2D eigenvalue weighted by Crippen LogP contribution is -2.48. The lowest BCUT2D eigenvalue weighted by molar-refractivity contribution is -0.0586. The molecule has 0 unspecified atom stereocenters. The number of benzene rings is 1. The van der Waals surface area contributed by atoms with Crippen LogP contribution in [0.4, 0.5) is 4.39 Å². The number of nitrogens with one attached hydrogen (secondary N) is 1. The zero-order valence-corrected chi connectivity index (χ0v) is 12.5. The lowest BCUT2D eigenvalue weighted by atomic mass is 10.1. The van der Waals surface area contributed by atoms with E-state index in [1.165, 1.54) is 18.3 Å². The molecule has 0 aliphatic carbocycles. The van der Waals surface area contributed by atoms with Gasteiger partial charge < -0.3 is 9.64 Å². The van der Waals surface area contributed by atoms with Crippen molar-refractivity contribution < 1.29 is 13.9 Å². The molecule has 2 aromatic rings. The predicted octanol–water partition coefficient (Wildman–Crippen LogP) is 2.47. The van der Waals surface area contributed by atoms with Crippen molar-refractivity contribution in [3.63, 3.8) is 0 Å². The summed E-state index contributed by atoms with van der Waals surface area (Å²) in [5.74, 6) is -0.401. The molecule has 1 amide bonds. The van der Waals surface area contributed by atoms with E-state index in [2.05, 4.69) is 10.2 Å². The normalized spacial score (nSPS) is 21.9. The minimum absolute atomic E-state index is 0.00821. The maximum absolute atomic E-state index is 13.0. The highest BCUT2D eigenvalue weighted by Crippen LogP contribution is 2.24. The van der Waals surface area contributed by atoms with E-state index in [1.807, 2.05) is 13.8 Å². The molecule has 22 heavy (non-hydrogen) atoms. The first-order chi connectivity index (χ1) is 10.5. The number of morpholine rings is 1. The SMILES string of the molecule is C[C@@H]1CN(C(=O)c2cn[nH]c2-c2ccc(F)cc2)C[C@H](C)O1. The quantitative estimate of drug-likeness (QED) is 0.927. The van der Waals surface area contributed by atoms with E-state index in [1.54, 1.807) is 17.0 Å².